The van der Waals surface area contributed by atoms with Gasteiger partial charge in [0.1, 0.15) is 0 Å². The standard InChI is InChI=1S/C18H28N2O3/c1-6-22-16-9-8-15(12-17(16)23-7-2)19-18(21)13-20(5)11-10-14(3)4/h8-10,12H,6-7,11,13H2,1-5H3,(H,19,21)/p+1. The van der Waals surface area contributed by atoms with Crippen LogP contribution in [0.15, 0.2) is 29.8 Å². The van der Waals surface area contributed by atoms with Gasteiger partial charge in [-0.15, -0.1) is 0 Å². The zero-order chi connectivity index (χ0) is 17.2. The van der Waals surface area contributed by atoms with Crippen LogP contribution in [-0.2, 0) is 4.79 Å². The second-order valence-electron chi connectivity index (χ2n) is 5.70. The Morgan fingerprint density at radius 3 is 2.43 bits per heavy atom. The summed E-state index contributed by atoms with van der Waals surface area (Å²) >= 11 is 0. The first-order valence-corrected chi connectivity index (χ1v) is 8.10. The monoisotopic (exact) mass is 321 g/mol. The molecule has 128 valence electrons. The Hall–Kier alpha value is -2.01. The summed E-state index contributed by atoms with van der Waals surface area (Å²) in [7, 11) is 2.00. The van der Waals surface area contributed by atoms with Gasteiger partial charge in [0.25, 0.3) is 5.91 Å². The minimum atomic E-state index is -0.0173. The van der Waals surface area contributed by atoms with Gasteiger partial charge in [-0.1, -0.05) is 5.57 Å². The van der Waals surface area contributed by atoms with Crippen LogP contribution >= 0.6 is 0 Å². The molecule has 0 aromatic heterocycles. The maximum atomic E-state index is 12.1. The van der Waals surface area contributed by atoms with Crippen molar-refractivity contribution in [3.8, 4) is 11.5 Å². The molecular weight excluding hydrogens is 292 g/mol. The minimum absolute atomic E-state index is 0.0173. The number of amides is 1. The minimum Gasteiger partial charge on any atom is -0.490 e. The highest BCUT2D eigenvalue weighted by Gasteiger charge is 2.11. The predicted octanol–water partition coefficient (Wildman–Crippen LogP) is 1.90. The lowest BCUT2D eigenvalue weighted by molar-refractivity contribution is -0.864. The molecule has 0 bridgehead atoms. The van der Waals surface area contributed by atoms with Crippen LogP contribution in [0.4, 0.5) is 5.69 Å². The highest BCUT2D eigenvalue weighted by Crippen LogP contribution is 2.30. The zero-order valence-corrected chi connectivity index (χ0v) is 14.9. The van der Waals surface area contributed by atoms with Crippen LogP contribution in [0.3, 0.4) is 0 Å². The number of carbonyl (C=O) groups excluding carboxylic acids is 1. The van der Waals surface area contributed by atoms with Crippen molar-refractivity contribution in [3.05, 3.63) is 29.8 Å². The topological polar surface area (TPSA) is 52.0 Å². The first-order valence-electron chi connectivity index (χ1n) is 8.10. The van der Waals surface area contributed by atoms with E-state index in [0.717, 1.165) is 17.1 Å². The summed E-state index contributed by atoms with van der Waals surface area (Å²) in [5.41, 5.74) is 1.98. The fourth-order valence-electron chi connectivity index (χ4n) is 2.06. The molecule has 23 heavy (non-hydrogen) atoms. The van der Waals surface area contributed by atoms with Gasteiger partial charge >= 0.3 is 0 Å². The number of anilines is 1. The SMILES string of the molecule is CCOc1ccc(NC(=O)C[NH+](C)CC=C(C)C)cc1OCC. The van der Waals surface area contributed by atoms with Gasteiger partial charge in [-0.3, -0.25) is 4.79 Å². The highest BCUT2D eigenvalue weighted by atomic mass is 16.5. The fourth-order valence-corrected chi connectivity index (χ4v) is 2.06. The number of ether oxygens (including phenoxy) is 2. The number of hydrogen-bond donors (Lipinski definition) is 2. The number of nitrogens with one attached hydrogen (secondary N) is 2. The third-order valence-corrected chi connectivity index (χ3v) is 3.15. The summed E-state index contributed by atoms with van der Waals surface area (Å²) in [5.74, 6) is 1.33. The van der Waals surface area contributed by atoms with Gasteiger partial charge in [0.05, 0.1) is 26.8 Å². The van der Waals surface area contributed by atoms with E-state index in [9.17, 15) is 4.79 Å². The van der Waals surface area contributed by atoms with Crippen LogP contribution in [0, 0.1) is 0 Å². The zero-order valence-electron chi connectivity index (χ0n) is 14.9. The summed E-state index contributed by atoms with van der Waals surface area (Å²) < 4.78 is 11.1. The number of hydrogen-bond acceptors (Lipinski definition) is 3. The molecule has 0 heterocycles. The molecule has 0 aliphatic rings. The van der Waals surface area contributed by atoms with Crippen molar-refractivity contribution in [1.29, 1.82) is 0 Å². The lowest BCUT2D eigenvalue weighted by atomic mass is 10.2. The number of carbonyl (C=O) groups is 1. The lowest BCUT2D eigenvalue weighted by Gasteiger charge is -2.14. The normalized spacial score (nSPS) is 11.5. The summed E-state index contributed by atoms with van der Waals surface area (Å²) in [5, 5.41) is 2.91. The molecular formula is C18H29N2O3+. The Balaban J connectivity index is 2.67. The van der Waals surface area contributed by atoms with Crippen LogP contribution in [0.2, 0.25) is 0 Å². The van der Waals surface area contributed by atoms with Crippen molar-refractivity contribution in [2.75, 3.05) is 38.7 Å². The number of benzene rings is 1. The Morgan fingerprint density at radius 1 is 1.17 bits per heavy atom. The molecule has 1 rings (SSSR count). The van der Waals surface area contributed by atoms with Gasteiger partial charge in [0, 0.05) is 11.8 Å². The summed E-state index contributed by atoms with van der Waals surface area (Å²) in [6.45, 7) is 10.3. The Labute approximate surface area is 139 Å². The van der Waals surface area contributed by atoms with Gasteiger partial charge in [-0.25, -0.2) is 0 Å². The van der Waals surface area contributed by atoms with Crippen molar-refractivity contribution in [1.82, 2.24) is 0 Å². The number of quaternary nitrogens is 1. The first kappa shape index (κ1) is 19.0. The third-order valence-electron chi connectivity index (χ3n) is 3.15. The first-order chi connectivity index (χ1) is 11.0. The number of rotatable bonds is 9. The van der Waals surface area contributed by atoms with E-state index in [1.807, 2.05) is 33.0 Å². The fraction of sp³-hybridized carbons (Fsp3) is 0.500. The molecule has 5 nitrogen and oxygen atoms in total. The molecule has 0 aliphatic carbocycles. The van der Waals surface area contributed by atoms with Crippen molar-refractivity contribution >= 4 is 11.6 Å². The molecule has 0 aliphatic heterocycles. The van der Waals surface area contributed by atoms with Crippen molar-refractivity contribution in [2.45, 2.75) is 27.7 Å². The average molecular weight is 321 g/mol. The smallest absolute Gasteiger partial charge is 0.279 e. The maximum absolute atomic E-state index is 12.1. The van der Waals surface area contributed by atoms with Crippen molar-refractivity contribution in [2.24, 2.45) is 0 Å². The van der Waals surface area contributed by atoms with E-state index in [4.69, 9.17) is 9.47 Å². The van der Waals surface area contributed by atoms with E-state index in [2.05, 4.69) is 25.2 Å². The summed E-state index contributed by atoms with van der Waals surface area (Å²) in [6, 6.07) is 5.46. The summed E-state index contributed by atoms with van der Waals surface area (Å²) in [6.07, 6.45) is 2.13. The molecule has 2 N–H and O–H groups in total. The molecule has 1 unspecified atom stereocenters. The molecule has 0 fully saturated rings. The Kier molecular flexibility index (Phi) is 8.19. The van der Waals surface area contributed by atoms with E-state index >= 15 is 0 Å². The predicted molar refractivity (Wildman–Crippen MR) is 93.5 cm³/mol. The quantitative estimate of drug-likeness (QED) is 0.683. The molecule has 0 saturated carbocycles. The largest absolute Gasteiger partial charge is 0.490 e. The molecule has 0 saturated heterocycles. The van der Waals surface area contributed by atoms with Crippen LogP contribution in [0.25, 0.3) is 0 Å². The van der Waals surface area contributed by atoms with E-state index in [1.165, 1.54) is 5.57 Å². The van der Waals surface area contributed by atoms with Crippen molar-refractivity contribution in [3.63, 3.8) is 0 Å². The van der Waals surface area contributed by atoms with E-state index < -0.39 is 0 Å². The Bertz CT molecular complexity index is 537. The number of likely N-dealkylation sites (N-methyl/N-ethyl adjacent to an activating group) is 1. The van der Waals surface area contributed by atoms with Crippen molar-refractivity contribution < 1.29 is 19.2 Å². The van der Waals surface area contributed by atoms with Gasteiger partial charge in [-0.05, 0) is 45.9 Å². The molecule has 0 radical (unpaired) electrons. The Morgan fingerprint density at radius 2 is 1.83 bits per heavy atom. The molecule has 5 heteroatoms. The molecule has 1 amide bonds. The van der Waals surface area contributed by atoms with E-state index in [1.54, 1.807) is 6.07 Å². The highest BCUT2D eigenvalue weighted by molar-refractivity contribution is 5.91. The van der Waals surface area contributed by atoms with Crippen LogP contribution in [0.5, 0.6) is 11.5 Å². The van der Waals surface area contributed by atoms with Gasteiger partial charge < -0.3 is 19.7 Å². The van der Waals surface area contributed by atoms with Crippen LogP contribution < -0.4 is 19.7 Å². The maximum Gasteiger partial charge on any atom is 0.279 e. The second-order valence-corrected chi connectivity index (χ2v) is 5.70. The lowest BCUT2D eigenvalue weighted by Crippen LogP contribution is -3.09. The molecule has 1 aromatic rings. The van der Waals surface area contributed by atoms with Gasteiger partial charge in [0.2, 0.25) is 0 Å². The molecule has 1 atom stereocenters. The molecule has 0 spiro atoms. The summed E-state index contributed by atoms with van der Waals surface area (Å²) in [4.78, 5) is 13.3. The van der Waals surface area contributed by atoms with Crippen LogP contribution in [0.1, 0.15) is 27.7 Å². The molecule has 1 aromatic carbocycles. The van der Waals surface area contributed by atoms with E-state index in [-0.39, 0.29) is 5.91 Å². The van der Waals surface area contributed by atoms with Gasteiger partial charge in [0.15, 0.2) is 18.0 Å². The van der Waals surface area contributed by atoms with Crippen LogP contribution in [-0.4, -0.2) is 39.3 Å². The second kappa shape index (κ2) is 9.90. The average Bonchev–Trinajstić information content (AvgIpc) is 2.48. The van der Waals surface area contributed by atoms with E-state index in [0.29, 0.717) is 31.3 Å². The van der Waals surface area contributed by atoms with Gasteiger partial charge in [-0.2, -0.15) is 0 Å². The third kappa shape index (κ3) is 7.19. The number of allylic oxidation sites excluding steroid dienone is 1.